The number of hydrogen-bond donors (Lipinski definition) is 1. The first-order valence-corrected chi connectivity index (χ1v) is 8.51. The molecule has 0 amide bonds. The van der Waals surface area contributed by atoms with Crippen molar-refractivity contribution in [1.29, 1.82) is 0 Å². The molecule has 5 nitrogen and oxygen atoms in total. The highest BCUT2D eigenvalue weighted by Gasteiger charge is 2.35. The normalized spacial score (nSPS) is 15.0. The van der Waals surface area contributed by atoms with Crippen molar-refractivity contribution in [3.05, 3.63) is 46.3 Å². The number of esters is 1. The van der Waals surface area contributed by atoms with Crippen molar-refractivity contribution >= 4 is 27.4 Å². The Balaban J connectivity index is 2.20. The lowest BCUT2D eigenvalue weighted by Crippen LogP contribution is -2.12. The molecule has 0 aliphatic heterocycles. The van der Waals surface area contributed by atoms with E-state index in [9.17, 15) is 9.90 Å². The largest absolute Gasteiger partial charge is 0.496 e. The van der Waals surface area contributed by atoms with Gasteiger partial charge in [0.25, 0.3) is 0 Å². The fourth-order valence-corrected chi connectivity index (χ4v) is 4.66. The average molecular weight is 356 g/mol. The second kappa shape index (κ2) is 5.75. The molecule has 0 saturated heterocycles. The Hall–Kier alpha value is -2.57. The van der Waals surface area contributed by atoms with Gasteiger partial charge in [0.15, 0.2) is 0 Å². The number of hydrogen-bond acceptors (Lipinski definition) is 6. The smallest absolute Gasteiger partial charge is 0.348 e. The zero-order valence-corrected chi connectivity index (χ0v) is 14.8. The van der Waals surface area contributed by atoms with Gasteiger partial charge in [-0.05, 0) is 23.8 Å². The molecule has 1 atom stereocenters. The van der Waals surface area contributed by atoms with Crippen LogP contribution in [0.2, 0.25) is 0 Å². The maximum Gasteiger partial charge on any atom is 0.348 e. The topological polar surface area (TPSA) is 65.0 Å². The standard InChI is InChI=1S/C19H16O5S/c1-22-10-6-4-5-9-13(10)17(20)15-11(23-2)7-8-12-16(15)14(9)18(25-12)19(21)24-3/h4-8,17,20H,1-3H3. The summed E-state index contributed by atoms with van der Waals surface area (Å²) >= 11 is 1.35. The molecule has 0 radical (unpaired) electrons. The van der Waals surface area contributed by atoms with Gasteiger partial charge >= 0.3 is 5.97 Å². The molecule has 0 fully saturated rings. The SMILES string of the molecule is COC(=O)c1sc2ccc(OC)c3c2c1-c1cccc(OC)c1C3O. The summed E-state index contributed by atoms with van der Waals surface area (Å²) in [5.41, 5.74) is 2.82. The summed E-state index contributed by atoms with van der Waals surface area (Å²) in [4.78, 5) is 12.9. The van der Waals surface area contributed by atoms with E-state index in [1.807, 2.05) is 24.3 Å². The molecule has 25 heavy (non-hydrogen) atoms. The van der Waals surface area contributed by atoms with Gasteiger partial charge in [0, 0.05) is 26.8 Å². The molecule has 0 saturated carbocycles. The Morgan fingerprint density at radius 1 is 1.04 bits per heavy atom. The van der Waals surface area contributed by atoms with Crippen molar-refractivity contribution in [3.8, 4) is 22.6 Å². The first kappa shape index (κ1) is 15.9. The molecule has 128 valence electrons. The predicted octanol–water partition coefficient (Wildman–Crippen LogP) is 3.77. The minimum absolute atomic E-state index is 0.397. The molecule has 4 rings (SSSR count). The van der Waals surface area contributed by atoms with Crippen LogP contribution in [0.3, 0.4) is 0 Å². The lowest BCUT2D eigenvalue weighted by molar-refractivity contribution is 0.0607. The van der Waals surface area contributed by atoms with Gasteiger partial charge in [0.2, 0.25) is 0 Å². The van der Waals surface area contributed by atoms with E-state index in [1.54, 1.807) is 20.3 Å². The van der Waals surface area contributed by atoms with Crippen LogP contribution in [0.4, 0.5) is 0 Å². The minimum Gasteiger partial charge on any atom is -0.496 e. The van der Waals surface area contributed by atoms with E-state index in [1.165, 1.54) is 18.4 Å². The number of carbonyl (C=O) groups excluding carboxylic acids is 1. The predicted molar refractivity (Wildman–Crippen MR) is 95.8 cm³/mol. The molecule has 2 aromatic carbocycles. The fourth-order valence-electron chi connectivity index (χ4n) is 3.51. The number of aliphatic hydroxyl groups excluding tert-OH is 1. The summed E-state index contributed by atoms with van der Waals surface area (Å²) in [6.07, 6.45) is -0.905. The molecule has 0 bridgehead atoms. The first-order valence-electron chi connectivity index (χ1n) is 7.69. The van der Waals surface area contributed by atoms with Crippen LogP contribution in [0, 0.1) is 0 Å². The van der Waals surface area contributed by atoms with Crippen molar-refractivity contribution < 1.29 is 24.1 Å². The number of aliphatic hydroxyl groups is 1. The summed E-state index contributed by atoms with van der Waals surface area (Å²) in [7, 11) is 4.49. The lowest BCUT2D eigenvalue weighted by atomic mass is 9.82. The average Bonchev–Trinajstić information content (AvgIpc) is 3.04. The van der Waals surface area contributed by atoms with E-state index in [2.05, 4.69) is 0 Å². The number of ether oxygens (including phenoxy) is 3. The zero-order valence-electron chi connectivity index (χ0n) is 14.0. The summed E-state index contributed by atoms with van der Waals surface area (Å²) in [5.74, 6) is 0.745. The highest BCUT2D eigenvalue weighted by Crippen LogP contribution is 2.54. The zero-order chi connectivity index (χ0) is 17.7. The van der Waals surface area contributed by atoms with E-state index in [0.717, 1.165) is 21.2 Å². The van der Waals surface area contributed by atoms with Crippen LogP contribution in [0.1, 0.15) is 26.9 Å². The van der Waals surface area contributed by atoms with Crippen molar-refractivity contribution in [1.82, 2.24) is 0 Å². The van der Waals surface area contributed by atoms with Gasteiger partial charge in [-0.2, -0.15) is 0 Å². The molecule has 1 aromatic heterocycles. The maximum atomic E-state index is 12.4. The number of methoxy groups -OCH3 is 3. The monoisotopic (exact) mass is 356 g/mol. The molecule has 1 heterocycles. The number of fused-ring (bicyclic) bond motifs is 2. The molecular formula is C19H16O5S. The van der Waals surface area contributed by atoms with E-state index in [4.69, 9.17) is 14.2 Å². The third-order valence-corrected chi connectivity index (χ3v) is 5.68. The Kier molecular flexibility index (Phi) is 3.67. The van der Waals surface area contributed by atoms with Crippen LogP contribution < -0.4 is 9.47 Å². The van der Waals surface area contributed by atoms with Gasteiger partial charge in [0.05, 0.1) is 21.3 Å². The van der Waals surface area contributed by atoms with Gasteiger partial charge in [-0.3, -0.25) is 0 Å². The summed E-state index contributed by atoms with van der Waals surface area (Å²) < 4.78 is 16.8. The Labute approximate surface area is 148 Å². The van der Waals surface area contributed by atoms with Crippen molar-refractivity contribution in [2.24, 2.45) is 0 Å². The van der Waals surface area contributed by atoms with Crippen LogP contribution in [0.15, 0.2) is 30.3 Å². The second-order valence-corrected chi connectivity index (χ2v) is 6.73. The maximum absolute atomic E-state index is 12.4. The van der Waals surface area contributed by atoms with Crippen LogP contribution in [0.25, 0.3) is 21.2 Å². The lowest BCUT2D eigenvalue weighted by Gasteiger charge is -2.26. The second-order valence-electron chi connectivity index (χ2n) is 5.68. The van der Waals surface area contributed by atoms with Crippen LogP contribution in [-0.2, 0) is 4.74 Å². The molecule has 1 unspecified atom stereocenters. The molecule has 1 aliphatic carbocycles. The summed E-state index contributed by atoms with van der Waals surface area (Å²) in [5, 5.41) is 11.9. The third kappa shape index (κ3) is 2.08. The number of carbonyl (C=O) groups is 1. The van der Waals surface area contributed by atoms with Crippen molar-refractivity contribution in [2.45, 2.75) is 6.10 Å². The Morgan fingerprint density at radius 3 is 2.44 bits per heavy atom. The van der Waals surface area contributed by atoms with Crippen LogP contribution in [-0.4, -0.2) is 32.4 Å². The van der Waals surface area contributed by atoms with E-state index in [0.29, 0.717) is 27.5 Å². The highest BCUT2D eigenvalue weighted by molar-refractivity contribution is 7.21. The van der Waals surface area contributed by atoms with Crippen molar-refractivity contribution in [2.75, 3.05) is 21.3 Å². The van der Waals surface area contributed by atoms with Crippen LogP contribution in [0.5, 0.6) is 11.5 Å². The molecule has 3 aromatic rings. The van der Waals surface area contributed by atoms with Gasteiger partial charge < -0.3 is 19.3 Å². The van der Waals surface area contributed by atoms with E-state index in [-0.39, 0.29) is 0 Å². The molecule has 1 aliphatic rings. The molecular weight excluding hydrogens is 340 g/mol. The summed E-state index contributed by atoms with van der Waals surface area (Å²) in [6.45, 7) is 0. The molecule has 0 spiro atoms. The van der Waals surface area contributed by atoms with E-state index >= 15 is 0 Å². The molecule has 6 heteroatoms. The quantitative estimate of drug-likeness (QED) is 0.724. The number of benzene rings is 2. The van der Waals surface area contributed by atoms with E-state index < -0.39 is 12.1 Å². The van der Waals surface area contributed by atoms with Crippen LogP contribution >= 0.6 is 11.3 Å². The number of thiophene rings is 1. The number of rotatable bonds is 3. The van der Waals surface area contributed by atoms with Crippen molar-refractivity contribution in [3.63, 3.8) is 0 Å². The fraction of sp³-hybridized carbons (Fsp3) is 0.211. The Bertz CT molecular complexity index is 1000. The highest BCUT2D eigenvalue weighted by atomic mass is 32.1. The first-order chi connectivity index (χ1) is 12.1. The van der Waals surface area contributed by atoms with Gasteiger partial charge in [-0.1, -0.05) is 12.1 Å². The minimum atomic E-state index is -0.905. The Morgan fingerprint density at radius 2 is 1.76 bits per heavy atom. The molecule has 1 N–H and O–H groups in total. The van der Waals surface area contributed by atoms with Gasteiger partial charge in [-0.15, -0.1) is 11.3 Å². The van der Waals surface area contributed by atoms with Gasteiger partial charge in [-0.25, -0.2) is 4.79 Å². The summed E-state index contributed by atoms with van der Waals surface area (Å²) in [6, 6.07) is 9.24. The third-order valence-electron chi connectivity index (χ3n) is 4.55. The van der Waals surface area contributed by atoms with Gasteiger partial charge in [0.1, 0.15) is 22.5 Å².